The first-order valence-corrected chi connectivity index (χ1v) is 7.02. The normalized spacial score (nSPS) is 18.7. The molecule has 0 saturated carbocycles. The van der Waals surface area contributed by atoms with E-state index in [4.69, 9.17) is 4.99 Å². The molecule has 0 saturated heterocycles. The molecule has 0 aromatic heterocycles. The molecule has 0 amide bonds. The summed E-state index contributed by atoms with van der Waals surface area (Å²) in [5, 5.41) is 4.51. The molecule has 1 N–H and O–H groups in total. The summed E-state index contributed by atoms with van der Waals surface area (Å²) >= 11 is 1.81. The summed E-state index contributed by atoms with van der Waals surface area (Å²) < 4.78 is 0. The van der Waals surface area contributed by atoms with Gasteiger partial charge in [0, 0.05) is 11.4 Å². The van der Waals surface area contributed by atoms with Gasteiger partial charge in [-0.2, -0.15) is 0 Å². The lowest BCUT2D eigenvalue weighted by Crippen LogP contribution is -2.27. The Bertz CT molecular complexity index is 450. The van der Waals surface area contributed by atoms with Crippen LogP contribution in [0.1, 0.15) is 31.4 Å². The Morgan fingerprint density at radius 2 is 2.06 bits per heavy atom. The third-order valence-corrected chi connectivity index (χ3v) is 4.08. The summed E-state index contributed by atoms with van der Waals surface area (Å²) in [6.07, 6.45) is 1.15. The highest BCUT2D eigenvalue weighted by atomic mass is 32.2. The number of hydrogen-bond donors (Lipinski definition) is 1. The van der Waals surface area contributed by atoms with Crippen molar-refractivity contribution in [3.05, 3.63) is 29.3 Å². The maximum Gasteiger partial charge on any atom is 0.161 e. The van der Waals surface area contributed by atoms with Crippen LogP contribution in [0.25, 0.3) is 0 Å². The summed E-state index contributed by atoms with van der Waals surface area (Å²) in [5.74, 6) is 1.14. The Morgan fingerprint density at radius 3 is 2.76 bits per heavy atom. The first-order chi connectivity index (χ1) is 7.98. The lowest BCUT2D eigenvalue weighted by molar-refractivity contribution is 0.507. The topological polar surface area (TPSA) is 24.4 Å². The van der Waals surface area contributed by atoms with Gasteiger partial charge >= 0.3 is 0 Å². The number of hydrogen-bond acceptors (Lipinski definition) is 3. The van der Waals surface area contributed by atoms with Crippen LogP contribution in [0.5, 0.6) is 0 Å². The van der Waals surface area contributed by atoms with Crippen molar-refractivity contribution in [3.8, 4) is 0 Å². The molecular formula is C14H20N2S. The van der Waals surface area contributed by atoms with Crippen molar-refractivity contribution in [2.24, 2.45) is 4.99 Å². The summed E-state index contributed by atoms with van der Waals surface area (Å²) in [5.41, 5.74) is 3.87. The standard InChI is InChI=1S/C14H20N2S/c1-10-6-5-7-12(11(10)2)15-13-16-14(3,4)8-9-17-13/h5-7H,8-9H2,1-4H3,(H,15,16). The van der Waals surface area contributed by atoms with Crippen LogP contribution in [0.4, 0.5) is 5.69 Å². The Balaban J connectivity index is 2.21. The first kappa shape index (κ1) is 12.5. The average Bonchev–Trinajstić information content (AvgIpc) is 2.23. The van der Waals surface area contributed by atoms with Gasteiger partial charge in [0.05, 0.1) is 5.54 Å². The van der Waals surface area contributed by atoms with Crippen molar-refractivity contribution in [3.63, 3.8) is 0 Å². The second-order valence-corrected chi connectivity index (χ2v) is 6.28. The Hall–Kier alpha value is -0.960. The number of anilines is 1. The van der Waals surface area contributed by atoms with Crippen LogP contribution in [-0.2, 0) is 0 Å². The molecule has 0 atom stereocenters. The number of amidine groups is 1. The lowest BCUT2D eigenvalue weighted by atomic mass is 10.0. The van der Waals surface area contributed by atoms with Crippen LogP contribution in [0.3, 0.4) is 0 Å². The van der Waals surface area contributed by atoms with E-state index in [1.54, 1.807) is 0 Å². The number of benzene rings is 1. The molecule has 17 heavy (non-hydrogen) atoms. The van der Waals surface area contributed by atoms with Crippen LogP contribution in [0.15, 0.2) is 23.2 Å². The minimum Gasteiger partial charge on any atom is -0.335 e. The van der Waals surface area contributed by atoms with Crippen molar-refractivity contribution >= 4 is 22.6 Å². The van der Waals surface area contributed by atoms with E-state index in [0.717, 1.165) is 17.3 Å². The molecule has 1 heterocycles. The zero-order valence-corrected chi connectivity index (χ0v) is 11.8. The molecule has 0 radical (unpaired) electrons. The maximum atomic E-state index is 4.75. The molecule has 0 spiro atoms. The molecule has 0 aliphatic carbocycles. The van der Waals surface area contributed by atoms with Crippen LogP contribution in [0, 0.1) is 13.8 Å². The zero-order valence-electron chi connectivity index (χ0n) is 11.0. The van der Waals surface area contributed by atoms with Crippen molar-refractivity contribution in [1.29, 1.82) is 0 Å². The monoisotopic (exact) mass is 248 g/mol. The van der Waals surface area contributed by atoms with E-state index in [1.807, 2.05) is 11.8 Å². The van der Waals surface area contributed by atoms with Gasteiger partial charge in [0.15, 0.2) is 5.17 Å². The second kappa shape index (κ2) is 4.73. The minimum atomic E-state index is 0.0747. The van der Waals surface area contributed by atoms with E-state index >= 15 is 0 Å². The smallest absolute Gasteiger partial charge is 0.161 e. The maximum absolute atomic E-state index is 4.75. The fourth-order valence-electron chi connectivity index (χ4n) is 1.83. The SMILES string of the molecule is Cc1cccc(NC2=NC(C)(C)CCS2)c1C. The number of aryl methyl sites for hydroxylation is 1. The minimum absolute atomic E-state index is 0.0747. The van der Waals surface area contributed by atoms with Gasteiger partial charge < -0.3 is 5.32 Å². The van der Waals surface area contributed by atoms with Gasteiger partial charge in [-0.15, -0.1) is 0 Å². The van der Waals surface area contributed by atoms with Crippen LogP contribution in [-0.4, -0.2) is 16.5 Å². The van der Waals surface area contributed by atoms with E-state index in [1.165, 1.54) is 16.8 Å². The van der Waals surface area contributed by atoms with Crippen molar-refractivity contribution in [1.82, 2.24) is 0 Å². The fourth-order valence-corrected chi connectivity index (χ4v) is 3.12. The Kier molecular flexibility index (Phi) is 3.48. The first-order valence-electron chi connectivity index (χ1n) is 6.04. The molecule has 2 nitrogen and oxygen atoms in total. The van der Waals surface area contributed by atoms with Gasteiger partial charge in [0.25, 0.3) is 0 Å². The van der Waals surface area contributed by atoms with Crippen molar-refractivity contribution in [2.45, 2.75) is 39.7 Å². The summed E-state index contributed by atoms with van der Waals surface area (Å²) in [4.78, 5) is 4.75. The van der Waals surface area contributed by atoms with Crippen molar-refractivity contribution < 1.29 is 0 Å². The van der Waals surface area contributed by atoms with Gasteiger partial charge in [-0.25, -0.2) is 0 Å². The van der Waals surface area contributed by atoms with Gasteiger partial charge in [-0.1, -0.05) is 23.9 Å². The van der Waals surface area contributed by atoms with Gasteiger partial charge in [0.2, 0.25) is 0 Å². The highest BCUT2D eigenvalue weighted by Gasteiger charge is 2.22. The number of aliphatic imine (C=N–C) groups is 1. The molecular weight excluding hydrogens is 228 g/mol. The number of nitrogens with zero attached hydrogens (tertiary/aromatic N) is 1. The predicted octanol–water partition coefficient (Wildman–Crippen LogP) is 3.99. The fraction of sp³-hybridized carbons (Fsp3) is 0.500. The van der Waals surface area contributed by atoms with Gasteiger partial charge in [0.1, 0.15) is 0 Å². The van der Waals surface area contributed by atoms with E-state index in [0.29, 0.717) is 0 Å². The molecule has 1 aromatic carbocycles. The van der Waals surface area contributed by atoms with E-state index in [-0.39, 0.29) is 5.54 Å². The highest BCUT2D eigenvalue weighted by molar-refractivity contribution is 8.14. The molecule has 1 aliphatic heterocycles. The summed E-state index contributed by atoms with van der Waals surface area (Å²) in [7, 11) is 0. The van der Waals surface area contributed by atoms with Gasteiger partial charge in [-0.3, -0.25) is 4.99 Å². The molecule has 0 bridgehead atoms. The molecule has 1 aromatic rings. The second-order valence-electron chi connectivity index (χ2n) is 5.20. The molecule has 0 fully saturated rings. The van der Waals surface area contributed by atoms with Gasteiger partial charge in [-0.05, 0) is 51.3 Å². The molecule has 2 rings (SSSR count). The Labute approximate surface area is 108 Å². The van der Waals surface area contributed by atoms with Crippen LogP contribution >= 0.6 is 11.8 Å². The molecule has 1 aliphatic rings. The van der Waals surface area contributed by atoms with Crippen LogP contribution in [0.2, 0.25) is 0 Å². The predicted molar refractivity (Wildman–Crippen MR) is 78.1 cm³/mol. The summed E-state index contributed by atoms with van der Waals surface area (Å²) in [6.45, 7) is 8.67. The average molecular weight is 248 g/mol. The van der Waals surface area contributed by atoms with Crippen LogP contribution < -0.4 is 5.32 Å². The number of thioether (sulfide) groups is 1. The molecule has 92 valence electrons. The zero-order chi connectivity index (χ0) is 12.5. The lowest BCUT2D eigenvalue weighted by Gasteiger charge is -2.26. The third kappa shape index (κ3) is 3.03. The largest absolute Gasteiger partial charge is 0.335 e. The number of rotatable bonds is 1. The molecule has 0 unspecified atom stereocenters. The molecule has 3 heteroatoms. The van der Waals surface area contributed by atoms with E-state index in [2.05, 4.69) is 51.2 Å². The van der Waals surface area contributed by atoms with Crippen molar-refractivity contribution in [2.75, 3.05) is 11.1 Å². The van der Waals surface area contributed by atoms with E-state index in [9.17, 15) is 0 Å². The third-order valence-electron chi connectivity index (χ3n) is 3.20. The summed E-state index contributed by atoms with van der Waals surface area (Å²) in [6, 6.07) is 6.34. The quantitative estimate of drug-likeness (QED) is 0.812. The number of nitrogens with one attached hydrogen (secondary N) is 1. The Morgan fingerprint density at radius 1 is 1.29 bits per heavy atom. The highest BCUT2D eigenvalue weighted by Crippen LogP contribution is 2.28. The van der Waals surface area contributed by atoms with E-state index < -0.39 is 0 Å².